The van der Waals surface area contributed by atoms with Crippen molar-refractivity contribution in [2.24, 2.45) is 5.84 Å². The van der Waals surface area contributed by atoms with Crippen LogP contribution in [0.3, 0.4) is 0 Å². The highest BCUT2D eigenvalue weighted by molar-refractivity contribution is 6.17. The highest BCUT2D eigenvalue weighted by Gasteiger charge is 2.00. The summed E-state index contributed by atoms with van der Waals surface area (Å²) in [5.41, 5.74) is 4.01. The lowest BCUT2D eigenvalue weighted by Crippen LogP contribution is -2.33. The third kappa shape index (κ3) is 6.35. The van der Waals surface area contributed by atoms with E-state index in [0.717, 1.165) is 12.8 Å². The number of hydrazine groups is 1. The lowest BCUT2D eigenvalue weighted by Gasteiger charge is -2.10. The Labute approximate surface area is 73.8 Å². The van der Waals surface area contributed by atoms with Gasteiger partial charge in [-0.2, -0.15) is 0 Å². The van der Waals surface area contributed by atoms with E-state index in [1.165, 1.54) is 5.57 Å². The van der Waals surface area contributed by atoms with Crippen LogP contribution in [0.2, 0.25) is 0 Å². The van der Waals surface area contributed by atoms with Crippen molar-refractivity contribution in [1.82, 2.24) is 5.43 Å². The van der Waals surface area contributed by atoms with Gasteiger partial charge in [-0.05, 0) is 26.7 Å². The van der Waals surface area contributed by atoms with Crippen LogP contribution in [-0.2, 0) is 0 Å². The molecule has 0 aliphatic heterocycles. The molecule has 3 N–H and O–H groups in total. The molecule has 0 fully saturated rings. The molecule has 0 rings (SSSR count). The molecular weight excluding hydrogens is 160 g/mol. The normalized spacial score (nSPS) is 12.7. The monoisotopic (exact) mass is 176 g/mol. The van der Waals surface area contributed by atoms with Crippen LogP contribution >= 0.6 is 11.6 Å². The number of allylic oxidation sites excluding steroid dienone is 1. The lowest BCUT2D eigenvalue weighted by atomic mass is 10.1. The fourth-order valence-corrected chi connectivity index (χ4v) is 1.07. The fraction of sp³-hybridized carbons (Fsp3) is 0.750. The summed E-state index contributed by atoms with van der Waals surface area (Å²) >= 11 is 5.55. The SMILES string of the molecule is CC(C)=CC(CCCCl)NN. The minimum atomic E-state index is 0.277. The van der Waals surface area contributed by atoms with Crippen LogP contribution in [0.4, 0.5) is 0 Å². The molecule has 0 aromatic heterocycles. The molecule has 0 aromatic carbocycles. The van der Waals surface area contributed by atoms with Crippen LogP contribution in [0.25, 0.3) is 0 Å². The predicted octanol–water partition coefficient (Wildman–Crippen LogP) is 1.80. The molecular formula is C8H17ClN2. The Morgan fingerprint density at radius 2 is 2.27 bits per heavy atom. The number of hydrogen-bond donors (Lipinski definition) is 2. The van der Waals surface area contributed by atoms with Crippen molar-refractivity contribution in [1.29, 1.82) is 0 Å². The van der Waals surface area contributed by atoms with E-state index in [2.05, 4.69) is 25.3 Å². The fourth-order valence-electron chi connectivity index (χ4n) is 0.914. The first-order chi connectivity index (χ1) is 5.20. The van der Waals surface area contributed by atoms with E-state index >= 15 is 0 Å². The van der Waals surface area contributed by atoms with Crippen LogP contribution in [0.1, 0.15) is 26.7 Å². The lowest BCUT2D eigenvalue weighted by molar-refractivity contribution is 0.568. The summed E-state index contributed by atoms with van der Waals surface area (Å²) in [6.07, 6.45) is 4.12. The van der Waals surface area contributed by atoms with Crippen molar-refractivity contribution in [2.75, 3.05) is 5.88 Å². The van der Waals surface area contributed by atoms with Crippen LogP contribution in [0, 0.1) is 0 Å². The first-order valence-electron chi connectivity index (χ1n) is 3.87. The summed E-state index contributed by atoms with van der Waals surface area (Å²) in [5, 5.41) is 0. The number of hydrogen-bond acceptors (Lipinski definition) is 2. The van der Waals surface area contributed by atoms with Gasteiger partial charge in [0.2, 0.25) is 0 Å². The maximum absolute atomic E-state index is 5.55. The zero-order chi connectivity index (χ0) is 8.69. The minimum Gasteiger partial charge on any atom is -0.271 e. The molecule has 2 nitrogen and oxygen atoms in total. The Morgan fingerprint density at radius 1 is 1.64 bits per heavy atom. The Hall–Kier alpha value is -0.0500. The molecule has 0 aliphatic carbocycles. The summed E-state index contributed by atoms with van der Waals surface area (Å²) in [5.74, 6) is 6.03. The summed E-state index contributed by atoms with van der Waals surface area (Å²) < 4.78 is 0. The molecule has 0 aliphatic rings. The summed E-state index contributed by atoms with van der Waals surface area (Å²) in [4.78, 5) is 0. The van der Waals surface area contributed by atoms with Gasteiger partial charge in [0.15, 0.2) is 0 Å². The Balaban J connectivity index is 3.67. The molecule has 0 saturated heterocycles. The quantitative estimate of drug-likeness (QED) is 0.290. The largest absolute Gasteiger partial charge is 0.271 e. The number of halogens is 1. The molecule has 66 valence electrons. The van der Waals surface area contributed by atoms with Gasteiger partial charge in [0.05, 0.1) is 0 Å². The third-order valence-electron chi connectivity index (χ3n) is 1.40. The van der Waals surface area contributed by atoms with Gasteiger partial charge in [0.1, 0.15) is 0 Å². The van der Waals surface area contributed by atoms with E-state index in [1.54, 1.807) is 0 Å². The van der Waals surface area contributed by atoms with E-state index in [9.17, 15) is 0 Å². The molecule has 0 amide bonds. The number of nitrogens with two attached hydrogens (primary N) is 1. The second kappa shape index (κ2) is 6.65. The van der Waals surface area contributed by atoms with E-state index in [-0.39, 0.29) is 6.04 Å². The van der Waals surface area contributed by atoms with Gasteiger partial charge in [-0.3, -0.25) is 11.3 Å². The number of nitrogens with one attached hydrogen (secondary N) is 1. The summed E-state index contributed by atoms with van der Waals surface area (Å²) in [6, 6.07) is 0.277. The zero-order valence-electron chi connectivity index (χ0n) is 7.23. The standard InChI is InChI=1S/C8H17ClN2/c1-7(2)6-8(11-10)4-3-5-9/h6,8,11H,3-5,10H2,1-2H3. The van der Waals surface area contributed by atoms with E-state index < -0.39 is 0 Å². The second-order valence-electron chi connectivity index (χ2n) is 2.85. The average Bonchev–Trinajstić information content (AvgIpc) is 1.97. The van der Waals surface area contributed by atoms with Crippen molar-refractivity contribution in [2.45, 2.75) is 32.7 Å². The highest BCUT2D eigenvalue weighted by Crippen LogP contribution is 2.02. The molecule has 0 aromatic rings. The Kier molecular flexibility index (Phi) is 6.62. The molecule has 3 heteroatoms. The Bertz CT molecular complexity index is 119. The number of alkyl halides is 1. The van der Waals surface area contributed by atoms with Crippen molar-refractivity contribution >= 4 is 11.6 Å². The number of rotatable bonds is 5. The predicted molar refractivity (Wildman–Crippen MR) is 50.5 cm³/mol. The molecule has 0 saturated carbocycles. The summed E-state index contributed by atoms with van der Waals surface area (Å²) in [7, 11) is 0. The van der Waals surface area contributed by atoms with Gasteiger partial charge in [-0.15, -0.1) is 11.6 Å². The molecule has 11 heavy (non-hydrogen) atoms. The molecule has 0 radical (unpaired) electrons. The van der Waals surface area contributed by atoms with Gasteiger partial charge < -0.3 is 0 Å². The maximum Gasteiger partial charge on any atom is 0.0393 e. The zero-order valence-corrected chi connectivity index (χ0v) is 7.99. The molecule has 0 bridgehead atoms. The van der Waals surface area contributed by atoms with Gasteiger partial charge in [-0.1, -0.05) is 11.6 Å². The average molecular weight is 177 g/mol. The first-order valence-corrected chi connectivity index (χ1v) is 4.41. The first kappa shape index (κ1) is 11.0. The highest BCUT2D eigenvalue weighted by atomic mass is 35.5. The van der Waals surface area contributed by atoms with Crippen LogP contribution in [0.15, 0.2) is 11.6 Å². The molecule has 1 atom stereocenters. The van der Waals surface area contributed by atoms with Gasteiger partial charge >= 0.3 is 0 Å². The second-order valence-corrected chi connectivity index (χ2v) is 3.23. The summed E-state index contributed by atoms with van der Waals surface area (Å²) in [6.45, 7) is 4.12. The van der Waals surface area contributed by atoms with Crippen molar-refractivity contribution < 1.29 is 0 Å². The van der Waals surface area contributed by atoms with Crippen LogP contribution in [0.5, 0.6) is 0 Å². The van der Waals surface area contributed by atoms with Gasteiger partial charge in [0.25, 0.3) is 0 Å². The Morgan fingerprint density at radius 3 is 2.64 bits per heavy atom. The van der Waals surface area contributed by atoms with E-state index in [4.69, 9.17) is 17.4 Å². The topological polar surface area (TPSA) is 38.0 Å². The molecule has 0 heterocycles. The van der Waals surface area contributed by atoms with E-state index in [0.29, 0.717) is 5.88 Å². The van der Waals surface area contributed by atoms with Gasteiger partial charge in [-0.25, -0.2) is 0 Å². The third-order valence-corrected chi connectivity index (χ3v) is 1.66. The van der Waals surface area contributed by atoms with Gasteiger partial charge in [0, 0.05) is 11.9 Å². The van der Waals surface area contributed by atoms with Crippen molar-refractivity contribution in [3.05, 3.63) is 11.6 Å². The molecule has 0 spiro atoms. The maximum atomic E-state index is 5.55. The smallest absolute Gasteiger partial charge is 0.0393 e. The van der Waals surface area contributed by atoms with Crippen molar-refractivity contribution in [3.8, 4) is 0 Å². The van der Waals surface area contributed by atoms with Crippen LogP contribution in [-0.4, -0.2) is 11.9 Å². The minimum absolute atomic E-state index is 0.277. The molecule has 1 unspecified atom stereocenters. The van der Waals surface area contributed by atoms with E-state index in [1.807, 2.05) is 0 Å². The van der Waals surface area contributed by atoms with Crippen LogP contribution < -0.4 is 11.3 Å². The van der Waals surface area contributed by atoms with Crippen molar-refractivity contribution in [3.63, 3.8) is 0 Å².